The molecule has 7 aromatic carbocycles. The average Bonchev–Trinajstić information content (AvgIpc) is 1.65. The van der Waals surface area contributed by atoms with Crippen molar-refractivity contribution in [3.8, 4) is 78.3 Å². The molecular weight excluding hydrogens is 971 g/mol. The molecule has 4 bridgehead atoms. The van der Waals surface area contributed by atoms with Gasteiger partial charge in [0, 0.05) is 74.0 Å². The summed E-state index contributed by atoms with van der Waals surface area (Å²) in [5.41, 5.74) is 6.02. The molecule has 3 heterocycles. The first-order valence-corrected chi connectivity index (χ1v) is 25.6. The van der Waals surface area contributed by atoms with E-state index in [2.05, 4.69) is 52.5 Å². The van der Waals surface area contributed by atoms with Gasteiger partial charge in [0.1, 0.15) is 23.3 Å². The second-order valence-electron chi connectivity index (χ2n) is 20.0. The minimum atomic E-state index is -3.35. The number of allylic oxidation sites excluding steroid dienone is 4. The molecule has 2 atom stereocenters. The standard InChI is InChI=1S/C71H53F4N3/c1-42-30-69(61-28-23-54(72)36-66(61)74)76-39-51(42)14-12-44-32-45(13-15-52-40-77-70(31-43(52)2)62-29-24-55(73)37-67(62)75)34-53(33-44)56-10-6-7-11-57(56)65-41-78-68(38-64(65)48-18-16-47(17-19-48)46-8-4-3-5-9-46)50-22-27-60-63(35-50)49-20-25-58-59(26-21-49)71(58)60/h3-11,16-41,49,58-59,71H,12-15H2,1-2H3/i1D3,12D2,13D2,14D2,15D2. The summed E-state index contributed by atoms with van der Waals surface area (Å²) in [6.07, 6.45) is 0.0122. The zero-order chi connectivity index (χ0) is 62.7. The molecule has 380 valence electrons. The van der Waals surface area contributed by atoms with Gasteiger partial charge in [0.2, 0.25) is 0 Å². The molecule has 2 unspecified atom stereocenters. The van der Waals surface area contributed by atoms with E-state index in [0.29, 0.717) is 52.3 Å². The van der Waals surface area contributed by atoms with Gasteiger partial charge in [-0.05, 0) is 189 Å². The van der Waals surface area contributed by atoms with Gasteiger partial charge in [-0.25, -0.2) is 17.6 Å². The van der Waals surface area contributed by atoms with E-state index in [1.165, 1.54) is 42.3 Å². The number of hydrogen-bond acceptors (Lipinski definition) is 3. The van der Waals surface area contributed by atoms with Crippen LogP contribution in [0.2, 0.25) is 0 Å². The molecule has 7 heteroatoms. The highest BCUT2D eigenvalue weighted by molar-refractivity contribution is 5.93. The predicted molar refractivity (Wildman–Crippen MR) is 306 cm³/mol. The van der Waals surface area contributed by atoms with Crippen molar-refractivity contribution in [1.82, 2.24) is 15.0 Å². The van der Waals surface area contributed by atoms with E-state index in [1.807, 2.05) is 66.7 Å². The van der Waals surface area contributed by atoms with E-state index in [9.17, 15) is 19.7 Å². The predicted octanol–water partition coefficient (Wildman–Crippen LogP) is 17.8. The highest BCUT2D eigenvalue weighted by atomic mass is 19.1. The van der Waals surface area contributed by atoms with Gasteiger partial charge < -0.3 is 0 Å². The van der Waals surface area contributed by atoms with Crippen LogP contribution in [0.15, 0.2) is 213 Å². The van der Waals surface area contributed by atoms with Gasteiger partial charge in [0.15, 0.2) is 0 Å². The van der Waals surface area contributed by atoms with Crippen LogP contribution in [0.5, 0.6) is 0 Å². The Morgan fingerprint density at radius 3 is 1.62 bits per heavy atom. The highest BCUT2D eigenvalue weighted by Gasteiger charge is 2.51. The number of aromatic nitrogens is 3. The molecule has 0 aliphatic heterocycles. The molecule has 0 radical (unpaired) electrons. The molecule has 0 saturated heterocycles. The minimum Gasteiger partial charge on any atom is -0.256 e. The number of rotatable bonds is 13. The Morgan fingerprint density at radius 1 is 0.410 bits per heavy atom. The molecule has 10 aromatic rings. The third-order valence-electron chi connectivity index (χ3n) is 15.1. The van der Waals surface area contributed by atoms with E-state index in [0.717, 1.165) is 70.5 Å². The molecule has 1 saturated carbocycles. The molecule has 78 heavy (non-hydrogen) atoms. The Morgan fingerprint density at radius 2 is 0.974 bits per heavy atom. The molecule has 3 aromatic heterocycles. The zero-order valence-corrected chi connectivity index (χ0v) is 41.9. The Hall–Kier alpha value is -8.81. The van der Waals surface area contributed by atoms with Gasteiger partial charge in [-0.15, -0.1) is 0 Å². The number of benzene rings is 7. The van der Waals surface area contributed by atoms with Crippen LogP contribution in [0.1, 0.15) is 71.4 Å². The molecule has 1 fully saturated rings. The third kappa shape index (κ3) is 9.48. The van der Waals surface area contributed by atoms with Crippen molar-refractivity contribution >= 4 is 0 Å². The fraction of sp³-hybridized carbons (Fsp3) is 0.141. The van der Waals surface area contributed by atoms with Gasteiger partial charge in [0.05, 0.1) is 17.1 Å². The first kappa shape index (κ1) is 37.9. The van der Waals surface area contributed by atoms with Crippen molar-refractivity contribution in [2.45, 2.75) is 51.1 Å². The SMILES string of the molecule is [2H]C([2H])([2H])c1cc(-c2ccc(F)cc2F)ncc1C([2H])([2H])C([2H])([2H])c1cc(-c2ccccc2-c2cnc(-c3ccc4c(c3)C3C=CC5C(C=C3)C45)cc2-c2ccc(-c3ccccc3)cc2)cc(C([2H])([2H])C([2H])([2H])c2cnc(-c3ccc(F)cc3F)cc2C)c1. The highest BCUT2D eigenvalue weighted by Crippen LogP contribution is 2.61. The summed E-state index contributed by atoms with van der Waals surface area (Å²) >= 11 is 0. The summed E-state index contributed by atoms with van der Waals surface area (Å²) in [5.74, 6) is -2.23. The topological polar surface area (TPSA) is 38.7 Å². The lowest BCUT2D eigenvalue weighted by atomic mass is 9.87. The first-order valence-electron chi connectivity index (χ1n) is 31.1. The largest absolute Gasteiger partial charge is 0.256 e. The summed E-state index contributed by atoms with van der Waals surface area (Å²) < 4.78 is 162. The van der Waals surface area contributed by atoms with E-state index in [-0.39, 0.29) is 45.1 Å². The fourth-order valence-corrected chi connectivity index (χ4v) is 11.0. The van der Waals surface area contributed by atoms with Crippen molar-refractivity contribution in [1.29, 1.82) is 0 Å². The van der Waals surface area contributed by atoms with Crippen molar-refractivity contribution in [3.05, 3.63) is 281 Å². The third-order valence-corrected chi connectivity index (χ3v) is 15.1. The van der Waals surface area contributed by atoms with Crippen LogP contribution in [0, 0.1) is 48.9 Å². The second kappa shape index (κ2) is 20.3. The fourth-order valence-electron chi connectivity index (χ4n) is 11.0. The van der Waals surface area contributed by atoms with Gasteiger partial charge in [-0.3, -0.25) is 15.0 Å². The summed E-state index contributed by atoms with van der Waals surface area (Å²) in [6, 6.07) is 45.1. The van der Waals surface area contributed by atoms with Crippen LogP contribution < -0.4 is 0 Å². The van der Waals surface area contributed by atoms with Gasteiger partial charge in [-0.1, -0.05) is 133 Å². The monoisotopic (exact) mass is 1030 g/mol. The van der Waals surface area contributed by atoms with Gasteiger partial charge >= 0.3 is 0 Å². The molecular formula is C71H53F4N3. The van der Waals surface area contributed by atoms with Crippen LogP contribution in [0.3, 0.4) is 0 Å². The molecule has 0 spiro atoms. The van der Waals surface area contributed by atoms with Crippen LogP contribution >= 0.6 is 0 Å². The van der Waals surface area contributed by atoms with Crippen LogP contribution in [0.25, 0.3) is 78.3 Å². The Kier molecular flexibility index (Phi) is 9.84. The normalized spacial score (nSPS) is 19.7. The summed E-state index contributed by atoms with van der Waals surface area (Å²) in [7, 11) is 0. The smallest absolute Gasteiger partial charge is 0.135 e. The van der Waals surface area contributed by atoms with Crippen molar-refractivity contribution < 1.29 is 32.6 Å². The minimum absolute atomic E-state index is 0.0168. The second-order valence-corrected chi connectivity index (χ2v) is 20.0. The average molecular weight is 1040 g/mol. The summed E-state index contributed by atoms with van der Waals surface area (Å²) in [4.78, 5) is 13.6. The van der Waals surface area contributed by atoms with Gasteiger partial charge in [0.25, 0.3) is 0 Å². The lowest BCUT2D eigenvalue weighted by molar-refractivity contribution is 0.584. The Balaban J connectivity index is 0.985. The maximum atomic E-state index is 15.2. The maximum Gasteiger partial charge on any atom is 0.135 e. The number of halogens is 4. The van der Waals surface area contributed by atoms with E-state index < -0.39 is 77.9 Å². The summed E-state index contributed by atoms with van der Waals surface area (Å²) in [6.45, 7) is -1.68. The number of aryl methyl sites for hydroxylation is 6. The number of hydrogen-bond donors (Lipinski definition) is 0. The van der Waals surface area contributed by atoms with Crippen LogP contribution in [-0.4, -0.2) is 15.0 Å². The van der Waals surface area contributed by atoms with E-state index >= 15 is 8.78 Å². The van der Waals surface area contributed by atoms with Crippen LogP contribution in [0.4, 0.5) is 17.6 Å². The number of pyridine rings is 3. The van der Waals surface area contributed by atoms with Crippen molar-refractivity contribution in [2.75, 3.05) is 0 Å². The lowest BCUT2D eigenvalue weighted by Crippen LogP contribution is -2.01. The van der Waals surface area contributed by atoms with E-state index in [4.69, 9.17) is 9.10 Å². The molecule has 0 N–H and O–H groups in total. The van der Waals surface area contributed by atoms with Crippen LogP contribution in [-0.2, 0) is 25.5 Å². The maximum absolute atomic E-state index is 15.2. The Bertz CT molecular complexity index is 4530. The first-order chi connectivity index (χ1) is 42.3. The molecule has 4 aliphatic rings. The quantitative estimate of drug-likeness (QED) is 0.0853. The summed E-state index contributed by atoms with van der Waals surface area (Å²) in [5, 5.41) is 0. The molecule has 4 aliphatic carbocycles. The van der Waals surface area contributed by atoms with Crippen molar-refractivity contribution in [2.24, 2.45) is 11.8 Å². The zero-order valence-electron chi connectivity index (χ0n) is 52.9. The molecule has 3 nitrogen and oxygen atoms in total. The molecule has 0 amide bonds. The number of nitrogens with zero attached hydrogens (tertiary/aromatic N) is 3. The van der Waals surface area contributed by atoms with Crippen molar-refractivity contribution in [3.63, 3.8) is 0 Å². The molecule has 14 rings (SSSR count). The lowest BCUT2D eigenvalue weighted by Gasteiger charge is -2.18. The Labute approximate surface area is 467 Å². The van der Waals surface area contributed by atoms with E-state index in [1.54, 1.807) is 24.4 Å². The van der Waals surface area contributed by atoms with Gasteiger partial charge in [-0.2, -0.15) is 0 Å².